The molecule has 1 aromatic carbocycles. The number of hydrogen-bond donors (Lipinski definition) is 0. The summed E-state index contributed by atoms with van der Waals surface area (Å²) in [5.74, 6) is 0.192. The number of nitrogens with zero attached hydrogens (tertiary/aromatic N) is 4. The van der Waals surface area contributed by atoms with Gasteiger partial charge in [0.2, 0.25) is 0 Å². The second-order valence-electron chi connectivity index (χ2n) is 5.50. The van der Waals surface area contributed by atoms with Crippen molar-refractivity contribution in [1.82, 2.24) is 14.5 Å². The van der Waals surface area contributed by atoms with Crippen LogP contribution < -0.4 is 0 Å². The maximum atomic E-state index is 11.3. The van der Waals surface area contributed by atoms with Gasteiger partial charge in [0, 0.05) is 24.3 Å². The molecule has 2 heterocycles. The summed E-state index contributed by atoms with van der Waals surface area (Å²) in [6.45, 7) is 3.22. The number of rotatable bonds is 5. The zero-order chi connectivity index (χ0) is 19.2. The third-order valence-corrected chi connectivity index (χ3v) is 5.48. The third-order valence-electron chi connectivity index (χ3n) is 3.80. The van der Waals surface area contributed by atoms with Crippen molar-refractivity contribution in [2.45, 2.75) is 20.4 Å². The van der Waals surface area contributed by atoms with Gasteiger partial charge in [0.25, 0.3) is 0 Å². The number of imidazole rings is 1. The zero-order valence-corrected chi connectivity index (χ0v) is 15.4. The fourth-order valence-electron chi connectivity index (χ4n) is 2.27. The molecule has 26 heavy (non-hydrogen) atoms. The number of hydrogen-bond acceptors (Lipinski definition) is 6. The topological polar surface area (TPSA) is 108 Å². The minimum absolute atomic E-state index is 0.0363. The first kappa shape index (κ1) is 19.5. The Morgan fingerprint density at radius 2 is 1.85 bits per heavy atom. The average molecular weight is 376 g/mol. The summed E-state index contributed by atoms with van der Waals surface area (Å²) in [7, 11) is -3.13. The van der Waals surface area contributed by atoms with Gasteiger partial charge in [0.15, 0.2) is 15.7 Å². The summed E-state index contributed by atoms with van der Waals surface area (Å²) in [6.07, 6.45) is 2.94. The van der Waals surface area contributed by atoms with E-state index < -0.39 is 14.8 Å². The molecule has 8 nitrogen and oxygen atoms in total. The van der Waals surface area contributed by atoms with Gasteiger partial charge in [-0.1, -0.05) is 31.2 Å². The lowest BCUT2D eigenvalue weighted by atomic mass is 10.2. The van der Waals surface area contributed by atoms with Crippen LogP contribution in [0.25, 0.3) is 10.9 Å². The molecule has 0 saturated carbocycles. The van der Waals surface area contributed by atoms with Crippen molar-refractivity contribution in [3.05, 3.63) is 64.7 Å². The molecule has 2 aromatic heterocycles. The second kappa shape index (κ2) is 8.52. The lowest BCUT2D eigenvalue weighted by molar-refractivity contribution is -0.392. The summed E-state index contributed by atoms with van der Waals surface area (Å²) >= 11 is 0. The van der Waals surface area contributed by atoms with Gasteiger partial charge in [0.05, 0.1) is 11.3 Å². The summed E-state index contributed by atoms with van der Waals surface area (Å²) in [4.78, 5) is 18.0. The summed E-state index contributed by atoms with van der Waals surface area (Å²) < 4.78 is 23.9. The Balaban J connectivity index is 0.000000206. The van der Waals surface area contributed by atoms with Crippen LogP contribution in [0.2, 0.25) is 0 Å². The molecule has 0 bridgehead atoms. The van der Waals surface area contributed by atoms with E-state index >= 15 is 0 Å². The molecule has 0 aliphatic rings. The van der Waals surface area contributed by atoms with Crippen LogP contribution in [-0.2, 0) is 16.4 Å². The fraction of sp³-hybridized carbons (Fsp3) is 0.294. The molecule has 138 valence electrons. The minimum Gasteiger partial charge on any atom is -0.358 e. The highest BCUT2D eigenvalue weighted by Gasteiger charge is 2.19. The number of para-hydroxylation sites is 1. The van der Waals surface area contributed by atoms with Gasteiger partial charge in [-0.15, -0.1) is 0 Å². The van der Waals surface area contributed by atoms with Crippen LogP contribution in [0.5, 0.6) is 0 Å². The molecule has 0 atom stereocenters. The Morgan fingerprint density at radius 3 is 2.50 bits per heavy atom. The standard InChI is InChI=1S/C9H7N.C8H13N3O4S/c1-2-6-9-8(4-1)5-3-7-10-9;1-3-16(14,15)5-4-10-7(2)9-6-8(10)11(12)13/h1-7H;6H,3-5H2,1-2H3. The Kier molecular flexibility index (Phi) is 6.40. The molecule has 3 rings (SSSR count). The van der Waals surface area contributed by atoms with Crippen molar-refractivity contribution in [2.24, 2.45) is 0 Å². The molecule has 0 radical (unpaired) electrons. The first-order chi connectivity index (χ1) is 12.3. The highest BCUT2D eigenvalue weighted by atomic mass is 32.2. The lowest BCUT2D eigenvalue weighted by Gasteiger charge is -2.02. The fourth-order valence-corrected chi connectivity index (χ4v) is 3.02. The molecule has 0 aliphatic carbocycles. The van der Waals surface area contributed by atoms with Gasteiger partial charge in [-0.3, -0.25) is 4.98 Å². The van der Waals surface area contributed by atoms with Gasteiger partial charge in [-0.2, -0.15) is 0 Å². The molecule has 0 saturated heterocycles. The minimum atomic E-state index is -3.13. The molecule has 0 aliphatic heterocycles. The smallest absolute Gasteiger partial charge is 0.342 e. The molecule has 3 aromatic rings. The number of aromatic nitrogens is 3. The van der Waals surface area contributed by atoms with E-state index in [2.05, 4.69) is 22.1 Å². The molecule has 0 fully saturated rings. The van der Waals surface area contributed by atoms with Gasteiger partial charge < -0.3 is 10.1 Å². The zero-order valence-electron chi connectivity index (χ0n) is 14.6. The van der Waals surface area contributed by atoms with Crippen LogP contribution in [-0.4, -0.2) is 39.4 Å². The van der Waals surface area contributed by atoms with Crippen molar-refractivity contribution in [3.8, 4) is 0 Å². The molecule has 9 heteroatoms. The number of fused-ring (bicyclic) bond motifs is 1. The Labute approximate surface area is 151 Å². The van der Waals surface area contributed by atoms with E-state index in [9.17, 15) is 18.5 Å². The Bertz CT molecular complexity index is 933. The first-order valence-electron chi connectivity index (χ1n) is 8.00. The quantitative estimate of drug-likeness (QED) is 0.500. The summed E-state index contributed by atoms with van der Waals surface area (Å²) in [5.41, 5.74) is 1.06. The van der Waals surface area contributed by atoms with Crippen molar-refractivity contribution >= 4 is 26.6 Å². The second-order valence-corrected chi connectivity index (χ2v) is 7.98. The van der Waals surface area contributed by atoms with Crippen LogP contribution in [0.3, 0.4) is 0 Å². The van der Waals surface area contributed by atoms with Gasteiger partial charge >= 0.3 is 5.82 Å². The molecule has 0 spiro atoms. The van der Waals surface area contributed by atoms with Crippen LogP contribution in [0.15, 0.2) is 48.8 Å². The van der Waals surface area contributed by atoms with Gasteiger partial charge in [0.1, 0.15) is 12.7 Å². The lowest BCUT2D eigenvalue weighted by Crippen LogP contribution is -2.16. The van der Waals surface area contributed by atoms with E-state index in [1.807, 2.05) is 30.5 Å². The predicted octanol–water partition coefficient (Wildman–Crippen LogP) is 2.77. The number of sulfone groups is 1. The highest BCUT2D eigenvalue weighted by Crippen LogP contribution is 2.13. The number of pyridine rings is 1. The average Bonchev–Trinajstić information content (AvgIpc) is 3.02. The number of benzene rings is 1. The van der Waals surface area contributed by atoms with E-state index in [-0.39, 0.29) is 23.9 Å². The Morgan fingerprint density at radius 1 is 1.15 bits per heavy atom. The van der Waals surface area contributed by atoms with Crippen molar-refractivity contribution in [3.63, 3.8) is 0 Å². The van der Waals surface area contributed by atoms with Crippen molar-refractivity contribution < 1.29 is 13.3 Å². The summed E-state index contributed by atoms with van der Waals surface area (Å²) in [6, 6.07) is 12.1. The van der Waals surface area contributed by atoms with E-state index in [1.165, 1.54) is 9.95 Å². The normalized spacial score (nSPS) is 11.0. The SMILES string of the molecule is CCS(=O)(=O)CCn1c([N+](=O)[O-])cnc1C.c1ccc2ncccc2c1. The molecule has 0 N–H and O–H groups in total. The Hall–Kier alpha value is -2.81. The van der Waals surface area contributed by atoms with E-state index in [0.29, 0.717) is 5.82 Å². The van der Waals surface area contributed by atoms with Gasteiger partial charge in [-0.25, -0.2) is 18.0 Å². The maximum absolute atomic E-state index is 11.3. The monoisotopic (exact) mass is 376 g/mol. The molecular formula is C17H20N4O4S. The number of aryl methyl sites for hydroxylation is 1. The number of nitro groups is 1. The van der Waals surface area contributed by atoms with Crippen molar-refractivity contribution in [2.75, 3.05) is 11.5 Å². The largest absolute Gasteiger partial charge is 0.358 e. The maximum Gasteiger partial charge on any atom is 0.342 e. The molecule has 0 unspecified atom stereocenters. The van der Waals surface area contributed by atoms with Crippen LogP contribution in [0.1, 0.15) is 12.7 Å². The summed E-state index contributed by atoms with van der Waals surface area (Å²) in [5, 5.41) is 11.8. The van der Waals surface area contributed by atoms with Crippen LogP contribution in [0, 0.1) is 17.0 Å². The predicted molar refractivity (Wildman–Crippen MR) is 99.7 cm³/mol. The van der Waals surface area contributed by atoms with Gasteiger partial charge in [-0.05, 0) is 17.1 Å². The van der Waals surface area contributed by atoms with Crippen LogP contribution >= 0.6 is 0 Å². The van der Waals surface area contributed by atoms with E-state index in [0.717, 1.165) is 11.7 Å². The van der Waals surface area contributed by atoms with Crippen LogP contribution in [0.4, 0.5) is 5.82 Å². The van der Waals surface area contributed by atoms with E-state index in [1.54, 1.807) is 13.8 Å². The molecule has 0 amide bonds. The molecular weight excluding hydrogens is 356 g/mol. The van der Waals surface area contributed by atoms with E-state index in [4.69, 9.17) is 0 Å². The van der Waals surface area contributed by atoms with Crippen molar-refractivity contribution in [1.29, 1.82) is 0 Å². The highest BCUT2D eigenvalue weighted by molar-refractivity contribution is 7.91. The third kappa shape index (κ3) is 5.09. The first-order valence-corrected chi connectivity index (χ1v) is 9.83.